The number of piperazine rings is 1. The van der Waals surface area contributed by atoms with Gasteiger partial charge in [-0.2, -0.15) is 13.2 Å². The molecule has 0 saturated carbocycles. The van der Waals surface area contributed by atoms with Crippen molar-refractivity contribution in [3.8, 4) is 5.75 Å². The molecule has 144 valence electrons. The van der Waals surface area contributed by atoms with Crippen LogP contribution in [0.3, 0.4) is 0 Å². The Bertz CT molecular complexity index is 834. The van der Waals surface area contributed by atoms with Crippen molar-refractivity contribution in [3.05, 3.63) is 58.1 Å². The van der Waals surface area contributed by atoms with E-state index in [1.807, 2.05) is 4.90 Å². The second-order valence-corrected chi connectivity index (χ2v) is 6.10. The van der Waals surface area contributed by atoms with Crippen LogP contribution in [0.4, 0.5) is 30.2 Å². The molecule has 0 spiro atoms. The molecule has 1 saturated heterocycles. The highest BCUT2D eigenvalue weighted by Gasteiger charge is 2.35. The van der Waals surface area contributed by atoms with Crippen molar-refractivity contribution in [1.82, 2.24) is 0 Å². The Hall–Kier alpha value is -2.97. The third kappa shape index (κ3) is 3.91. The van der Waals surface area contributed by atoms with Gasteiger partial charge in [0, 0.05) is 31.9 Å². The van der Waals surface area contributed by atoms with Crippen LogP contribution in [0.15, 0.2) is 42.5 Å². The molecule has 1 heterocycles. The maximum atomic E-state index is 13.2. The molecule has 1 aliphatic heterocycles. The maximum Gasteiger partial charge on any atom is 0.418 e. The van der Waals surface area contributed by atoms with Crippen molar-refractivity contribution < 1.29 is 22.8 Å². The zero-order valence-corrected chi connectivity index (χ0v) is 14.6. The predicted molar refractivity (Wildman–Crippen MR) is 95.5 cm³/mol. The van der Waals surface area contributed by atoms with E-state index in [1.165, 1.54) is 25.3 Å². The minimum absolute atomic E-state index is 0.0847. The van der Waals surface area contributed by atoms with Gasteiger partial charge in [0.1, 0.15) is 11.4 Å². The number of halogens is 3. The van der Waals surface area contributed by atoms with E-state index in [1.54, 1.807) is 23.1 Å². The minimum Gasteiger partial charge on any atom is -0.496 e. The third-order valence-electron chi connectivity index (χ3n) is 4.55. The quantitative estimate of drug-likeness (QED) is 0.593. The fourth-order valence-corrected chi connectivity index (χ4v) is 3.22. The first-order valence-corrected chi connectivity index (χ1v) is 8.30. The SMILES string of the molecule is COc1ccc(N2CCN(c3ccccc3C(F)(F)F)CC2)c([N+](=O)[O-])c1. The molecule has 0 aliphatic carbocycles. The number of hydrogen-bond acceptors (Lipinski definition) is 5. The number of benzene rings is 2. The monoisotopic (exact) mass is 381 g/mol. The van der Waals surface area contributed by atoms with Gasteiger partial charge in [-0.25, -0.2) is 0 Å². The Balaban J connectivity index is 1.80. The van der Waals surface area contributed by atoms with Gasteiger partial charge in [0.25, 0.3) is 5.69 Å². The summed E-state index contributed by atoms with van der Waals surface area (Å²) in [6, 6.07) is 10.0. The van der Waals surface area contributed by atoms with Gasteiger partial charge < -0.3 is 14.5 Å². The molecular weight excluding hydrogens is 363 g/mol. The second kappa shape index (κ2) is 7.34. The van der Waals surface area contributed by atoms with Crippen LogP contribution in [0.25, 0.3) is 0 Å². The van der Waals surface area contributed by atoms with Crippen LogP contribution in [0, 0.1) is 10.1 Å². The molecule has 0 atom stereocenters. The van der Waals surface area contributed by atoms with E-state index in [-0.39, 0.29) is 11.4 Å². The van der Waals surface area contributed by atoms with E-state index in [4.69, 9.17) is 4.74 Å². The Morgan fingerprint density at radius 1 is 1.00 bits per heavy atom. The number of para-hydroxylation sites is 1. The average molecular weight is 381 g/mol. The highest BCUT2D eigenvalue weighted by Crippen LogP contribution is 2.38. The zero-order chi connectivity index (χ0) is 19.6. The molecule has 0 aromatic heterocycles. The summed E-state index contributed by atoms with van der Waals surface area (Å²) in [4.78, 5) is 14.3. The third-order valence-corrected chi connectivity index (χ3v) is 4.55. The van der Waals surface area contributed by atoms with Crippen molar-refractivity contribution in [2.24, 2.45) is 0 Å². The highest BCUT2D eigenvalue weighted by atomic mass is 19.4. The van der Waals surface area contributed by atoms with Gasteiger partial charge in [-0.3, -0.25) is 10.1 Å². The van der Waals surface area contributed by atoms with Crippen molar-refractivity contribution in [1.29, 1.82) is 0 Å². The number of anilines is 2. The maximum absolute atomic E-state index is 13.2. The van der Waals surface area contributed by atoms with Gasteiger partial charge in [-0.15, -0.1) is 0 Å². The Morgan fingerprint density at radius 3 is 2.15 bits per heavy atom. The van der Waals surface area contributed by atoms with E-state index in [0.717, 1.165) is 6.07 Å². The van der Waals surface area contributed by atoms with Gasteiger partial charge in [0.15, 0.2) is 0 Å². The predicted octanol–water partition coefficient (Wildman–Crippen LogP) is 3.95. The molecule has 2 aromatic carbocycles. The lowest BCUT2D eigenvalue weighted by Gasteiger charge is -2.38. The minimum atomic E-state index is -4.43. The Kier molecular flexibility index (Phi) is 5.11. The normalized spacial score (nSPS) is 15.0. The summed E-state index contributed by atoms with van der Waals surface area (Å²) >= 11 is 0. The second-order valence-electron chi connectivity index (χ2n) is 6.10. The van der Waals surface area contributed by atoms with Crippen LogP contribution >= 0.6 is 0 Å². The van der Waals surface area contributed by atoms with E-state index in [2.05, 4.69) is 0 Å². The lowest BCUT2D eigenvalue weighted by molar-refractivity contribution is -0.384. The van der Waals surface area contributed by atoms with Gasteiger partial charge in [-0.05, 0) is 24.3 Å². The Labute approximate surface area is 153 Å². The van der Waals surface area contributed by atoms with Gasteiger partial charge in [0.05, 0.1) is 23.7 Å². The van der Waals surface area contributed by atoms with Crippen LogP contribution < -0.4 is 14.5 Å². The summed E-state index contributed by atoms with van der Waals surface area (Å²) in [6.45, 7) is 1.41. The number of nitro benzene ring substituents is 1. The molecule has 2 aromatic rings. The largest absolute Gasteiger partial charge is 0.496 e. The molecule has 0 radical (unpaired) electrons. The fraction of sp³-hybridized carbons (Fsp3) is 0.333. The van der Waals surface area contributed by atoms with Crippen LogP contribution in [0.5, 0.6) is 5.75 Å². The summed E-state index contributed by atoms with van der Waals surface area (Å²) in [5, 5.41) is 11.4. The van der Waals surface area contributed by atoms with Crippen LogP contribution in [-0.2, 0) is 6.18 Å². The molecule has 0 amide bonds. The number of methoxy groups -OCH3 is 1. The van der Waals surface area contributed by atoms with Crippen molar-refractivity contribution in [3.63, 3.8) is 0 Å². The number of rotatable bonds is 4. The fourth-order valence-electron chi connectivity index (χ4n) is 3.22. The number of hydrogen-bond donors (Lipinski definition) is 0. The molecule has 1 fully saturated rings. The molecule has 1 aliphatic rings. The lowest BCUT2D eigenvalue weighted by atomic mass is 10.1. The van der Waals surface area contributed by atoms with Gasteiger partial charge in [0.2, 0.25) is 0 Å². The molecule has 27 heavy (non-hydrogen) atoms. The van der Waals surface area contributed by atoms with E-state index in [0.29, 0.717) is 37.6 Å². The first kappa shape index (κ1) is 18.8. The number of nitrogens with zero attached hydrogens (tertiary/aromatic N) is 3. The summed E-state index contributed by atoms with van der Waals surface area (Å²) in [5.41, 5.74) is -0.189. The zero-order valence-electron chi connectivity index (χ0n) is 14.6. The van der Waals surface area contributed by atoms with Crippen molar-refractivity contribution in [2.45, 2.75) is 6.18 Å². The molecule has 0 N–H and O–H groups in total. The molecule has 3 rings (SSSR count). The summed E-state index contributed by atoms with van der Waals surface area (Å²) < 4.78 is 44.7. The molecule has 0 unspecified atom stereocenters. The molecule has 0 bridgehead atoms. The van der Waals surface area contributed by atoms with Crippen molar-refractivity contribution >= 4 is 17.1 Å². The molecule has 9 heteroatoms. The molecule has 6 nitrogen and oxygen atoms in total. The van der Waals surface area contributed by atoms with E-state index >= 15 is 0 Å². The van der Waals surface area contributed by atoms with Crippen LogP contribution in [0.2, 0.25) is 0 Å². The lowest BCUT2D eigenvalue weighted by Crippen LogP contribution is -2.47. The number of ether oxygens (including phenoxy) is 1. The summed E-state index contributed by atoms with van der Waals surface area (Å²) in [5.74, 6) is 0.378. The van der Waals surface area contributed by atoms with Crippen LogP contribution in [0.1, 0.15) is 5.56 Å². The number of alkyl halides is 3. The van der Waals surface area contributed by atoms with E-state index in [9.17, 15) is 23.3 Å². The smallest absolute Gasteiger partial charge is 0.418 e. The van der Waals surface area contributed by atoms with E-state index < -0.39 is 16.7 Å². The van der Waals surface area contributed by atoms with Gasteiger partial charge >= 0.3 is 6.18 Å². The van der Waals surface area contributed by atoms with Crippen LogP contribution in [-0.4, -0.2) is 38.2 Å². The first-order chi connectivity index (χ1) is 12.8. The first-order valence-electron chi connectivity index (χ1n) is 8.30. The summed E-state index contributed by atoms with van der Waals surface area (Å²) in [6.07, 6.45) is -4.43. The standard InChI is InChI=1S/C18H18F3N3O3/c1-27-13-6-7-16(17(12-13)24(25)26)23-10-8-22(9-11-23)15-5-3-2-4-14(15)18(19,20)21/h2-7,12H,8-11H2,1H3. The topological polar surface area (TPSA) is 58.8 Å². The van der Waals surface area contributed by atoms with Crippen molar-refractivity contribution in [2.75, 3.05) is 43.1 Å². The highest BCUT2D eigenvalue weighted by molar-refractivity contribution is 5.66. The average Bonchev–Trinajstić information content (AvgIpc) is 2.67. The molecular formula is C18H18F3N3O3. The Morgan fingerprint density at radius 2 is 1.59 bits per heavy atom. The summed E-state index contributed by atoms with van der Waals surface area (Å²) in [7, 11) is 1.43. The number of nitro groups is 1. The van der Waals surface area contributed by atoms with Gasteiger partial charge in [-0.1, -0.05) is 12.1 Å².